The highest BCUT2D eigenvalue weighted by molar-refractivity contribution is 7.10. The molecule has 2 aromatic rings. The SMILES string of the molecule is C=C1c2ccccc2C(/C=N\O)Cc2sccc21. The van der Waals surface area contributed by atoms with Crippen molar-refractivity contribution in [3.63, 3.8) is 0 Å². The van der Waals surface area contributed by atoms with Gasteiger partial charge in [-0.2, -0.15) is 0 Å². The van der Waals surface area contributed by atoms with Crippen molar-refractivity contribution < 1.29 is 5.21 Å². The van der Waals surface area contributed by atoms with Crippen LogP contribution in [0.2, 0.25) is 0 Å². The molecule has 1 aromatic heterocycles. The van der Waals surface area contributed by atoms with Crippen molar-refractivity contribution in [2.24, 2.45) is 5.16 Å². The van der Waals surface area contributed by atoms with Crippen molar-refractivity contribution in [3.05, 3.63) is 63.9 Å². The lowest BCUT2D eigenvalue weighted by Crippen LogP contribution is -2.04. The Kier molecular flexibility index (Phi) is 2.76. The van der Waals surface area contributed by atoms with Crippen LogP contribution in [0.1, 0.15) is 27.5 Å². The first-order valence-electron chi connectivity index (χ1n) is 5.83. The number of nitrogens with zero attached hydrogens (tertiary/aromatic N) is 1. The maximum absolute atomic E-state index is 8.85. The smallest absolute Gasteiger partial charge is 0.0514 e. The topological polar surface area (TPSA) is 32.6 Å². The highest BCUT2D eigenvalue weighted by Gasteiger charge is 2.23. The van der Waals surface area contributed by atoms with E-state index in [0.29, 0.717) is 0 Å². The van der Waals surface area contributed by atoms with Gasteiger partial charge >= 0.3 is 0 Å². The van der Waals surface area contributed by atoms with Crippen molar-refractivity contribution in [1.29, 1.82) is 0 Å². The summed E-state index contributed by atoms with van der Waals surface area (Å²) >= 11 is 1.74. The fourth-order valence-corrected chi connectivity index (χ4v) is 3.49. The number of rotatable bonds is 1. The normalized spacial score (nSPS) is 18.4. The van der Waals surface area contributed by atoms with Gasteiger partial charge in [-0.3, -0.25) is 0 Å². The minimum Gasteiger partial charge on any atom is -0.411 e. The third kappa shape index (κ3) is 1.68. The summed E-state index contributed by atoms with van der Waals surface area (Å²) in [6.45, 7) is 4.22. The molecule has 1 unspecified atom stereocenters. The van der Waals surface area contributed by atoms with Gasteiger partial charge < -0.3 is 5.21 Å². The van der Waals surface area contributed by atoms with Gasteiger partial charge in [-0.1, -0.05) is 30.8 Å². The summed E-state index contributed by atoms with van der Waals surface area (Å²) in [5.41, 5.74) is 4.63. The van der Waals surface area contributed by atoms with Crippen LogP contribution in [0.5, 0.6) is 0 Å². The molecule has 0 fully saturated rings. The van der Waals surface area contributed by atoms with Crippen LogP contribution >= 0.6 is 11.3 Å². The molecule has 1 aliphatic rings. The number of benzene rings is 1. The van der Waals surface area contributed by atoms with E-state index in [1.54, 1.807) is 17.6 Å². The summed E-state index contributed by atoms with van der Waals surface area (Å²) in [7, 11) is 0. The molecular formula is C15H13NOS. The lowest BCUT2D eigenvalue weighted by molar-refractivity contribution is 0.319. The molecule has 3 heteroatoms. The van der Waals surface area contributed by atoms with E-state index >= 15 is 0 Å². The number of hydrogen-bond donors (Lipinski definition) is 1. The van der Waals surface area contributed by atoms with Gasteiger partial charge in [0.25, 0.3) is 0 Å². The molecule has 1 atom stereocenters. The summed E-state index contributed by atoms with van der Waals surface area (Å²) in [6.07, 6.45) is 2.48. The van der Waals surface area contributed by atoms with Crippen LogP contribution in [0.25, 0.3) is 5.57 Å². The average molecular weight is 255 g/mol. The quantitative estimate of drug-likeness (QED) is 0.468. The lowest BCUT2D eigenvalue weighted by atomic mass is 9.92. The molecule has 3 rings (SSSR count). The van der Waals surface area contributed by atoms with E-state index in [9.17, 15) is 0 Å². The minimum absolute atomic E-state index is 0.114. The Labute approximate surface area is 110 Å². The molecule has 1 aromatic carbocycles. The second-order valence-corrected chi connectivity index (χ2v) is 5.40. The van der Waals surface area contributed by atoms with Gasteiger partial charge in [0, 0.05) is 10.8 Å². The lowest BCUT2D eigenvalue weighted by Gasteiger charge is -2.12. The maximum Gasteiger partial charge on any atom is 0.0514 e. The van der Waals surface area contributed by atoms with E-state index in [1.165, 1.54) is 16.0 Å². The molecule has 0 bridgehead atoms. The second kappa shape index (κ2) is 4.42. The highest BCUT2D eigenvalue weighted by atomic mass is 32.1. The first-order chi connectivity index (χ1) is 8.81. The van der Waals surface area contributed by atoms with E-state index in [0.717, 1.165) is 17.6 Å². The van der Waals surface area contributed by atoms with Gasteiger partial charge in [0.05, 0.1) is 6.21 Å². The Balaban J connectivity index is 2.23. The average Bonchev–Trinajstić information content (AvgIpc) is 2.82. The van der Waals surface area contributed by atoms with Crippen LogP contribution in [0.4, 0.5) is 0 Å². The van der Waals surface area contributed by atoms with E-state index in [-0.39, 0.29) is 5.92 Å². The summed E-state index contributed by atoms with van der Waals surface area (Å²) in [4.78, 5) is 1.31. The van der Waals surface area contributed by atoms with Gasteiger partial charge in [-0.05, 0) is 40.1 Å². The summed E-state index contributed by atoms with van der Waals surface area (Å²) in [5, 5.41) is 14.2. The molecule has 1 aliphatic carbocycles. The van der Waals surface area contributed by atoms with E-state index in [2.05, 4.69) is 35.3 Å². The minimum atomic E-state index is 0.114. The molecule has 0 saturated heterocycles. The molecule has 0 aliphatic heterocycles. The summed E-state index contributed by atoms with van der Waals surface area (Å²) in [6, 6.07) is 10.3. The Morgan fingerprint density at radius 3 is 2.94 bits per heavy atom. The fraction of sp³-hybridized carbons (Fsp3) is 0.133. The Morgan fingerprint density at radius 2 is 2.11 bits per heavy atom. The highest BCUT2D eigenvalue weighted by Crippen LogP contribution is 2.39. The van der Waals surface area contributed by atoms with E-state index in [4.69, 9.17) is 5.21 Å². The van der Waals surface area contributed by atoms with Crippen molar-refractivity contribution in [2.45, 2.75) is 12.3 Å². The van der Waals surface area contributed by atoms with Gasteiger partial charge in [-0.25, -0.2) is 0 Å². The molecule has 2 nitrogen and oxygen atoms in total. The Bertz CT molecular complexity index is 627. The summed E-state index contributed by atoms with van der Waals surface area (Å²) in [5.74, 6) is 0.114. The zero-order valence-corrected chi connectivity index (χ0v) is 10.7. The van der Waals surface area contributed by atoms with Crippen molar-refractivity contribution in [2.75, 3.05) is 0 Å². The van der Waals surface area contributed by atoms with Crippen molar-refractivity contribution >= 4 is 23.1 Å². The summed E-state index contributed by atoms with van der Waals surface area (Å²) < 4.78 is 0. The number of fused-ring (bicyclic) bond motifs is 2. The molecule has 1 N–H and O–H groups in total. The molecular weight excluding hydrogens is 242 g/mol. The molecule has 1 heterocycles. The predicted octanol–water partition coefficient (Wildman–Crippen LogP) is 3.91. The Morgan fingerprint density at radius 1 is 1.28 bits per heavy atom. The molecule has 0 radical (unpaired) electrons. The van der Waals surface area contributed by atoms with Gasteiger partial charge in [-0.15, -0.1) is 16.5 Å². The Hall–Kier alpha value is -1.87. The molecule has 90 valence electrons. The fourth-order valence-electron chi connectivity index (χ4n) is 2.53. The van der Waals surface area contributed by atoms with Gasteiger partial charge in [0.15, 0.2) is 0 Å². The molecule has 0 saturated carbocycles. The first-order valence-corrected chi connectivity index (χ1v) is 6.71. The second-order valence-electron chi connectivity index (χ2n) is 4.40. The zero-order chi connectivity index (χ0) is 12.5. The van der Waals surface area contributed by atoms with Crippen LogP contribution in [0, 0.1) is 0 Å². The maximum atomic E-state index is 8.85. The van der Waals surface area contributed by atoms with E-state index in [1.807, 2.05) is 12.1 Å². The van der Waals surface area contributed by atoms with Crippen LogP contribution in [-0.2, 0) is 6.42 Å². The monoisotopic (exact) mass is 255 g/mol. The third-order valence-corrected chi connectivity index (χ3v) is 4.35. The van der Waals surface area contributed by atoms with Crippen molar-refractivity contribution in [1.82, 2.24) is 0 Å². The zero-order valence-electron chi connectivity index (χ0n) is 9.84. The van der Waals surface area contributed by atoms with Crippen LogP contribution < -0.4 is 0 Å². The molecule has 18 heavy (non-hydrogen) atoms. The first kappa shape index (κ1) is 11.2. The largest absolute Gasteiger partial charge is 0.411 e. The van der Waals surface area contributed by atoms with Crippen molar-refractivity contribution in [3.8, 4) is 0 Å². The standard InChI is InChI=1S/C15H13NOS/c1-10-12-4-2-3-5-14(12)11(9-16-17)8-15-13(10)6-7-18-15/h2-7,9,11,17H,1,8H2/b16-9-. The van der Waals surface area contributed by atoms with Crippen LogP contribution in [0.15, 0.2) is 47.4 Å². The van der Waals surface area contributed by atoms with E-state index < -0.39 is 0 Å². The third-order valence-electron chi connectivity index (χ3n) is 3.41. The number of hydrogen-bond acceptors (Lipinski definition) is 3. The van der Waals surface area contributed by atoms with Gasteiger partial charge in [0.2, 0.25) is 0 Å². The van der Waals surface area contributed by atoms with Crippen LogP contribution in [-0.4, -0.2) is 11.4 Å². The molecule has 0 amide bonds. The van der Waals surface area contributed by atoms with Crippen LogP contribution in [0.3, 0.4) is 0 Å². The number of thiophene rings is 1. The predicted molar refractivity (Wildman–Crippen MR) is 75.6 cm³/mol. The molecule has 0 spiro atoms. The van der Waals surface area contributed by atoms with Gasteiger partial charge in [0.1, 0.15) is 0 Å². The number of oxime groups is 1.